The van der Waals surface area contributed by atoms with Crippen LogP contribution in [0.4, 0.5) is 0 Å². The predicted molar refractivity (Wildman–Crippen MR) is 117 cm³/mol. The number of rotatable bonds is 11. The Hall–Kier alpha value is -3.75. The lowest BCUT2D eigenvalue weighted by atomic mass is 10.2. The average Bonchev–Trinajstić information content (AvgIpc) is 2.82. The summed E-state index contributed by atoms with van der Waals surface area (Å²) in [5.41, 5.74) is 4.99. The molecule has 0 bridgehead atoms. The van der Waals surface area contributed by atoms with Crippen molar-refractivity contribution in [2.75, 3.05) is 26.9 Å². The van der Waals surface area contributed by atoms with E-state index in [4.69, 9.17) is 18.9 Å². The highest BCUT2D eigenvalue weighted by Gasteiger charge is 2.15. The Morgan fingerprint density at radius 3 is 2.25 bits per heavy atom. The summed E-state index contributed by atoms with van der Waals surface area (Å²) in [6.07, 6.45) is 1.90. The maximum absolute atomic E-state index is 12.3. The third-order valence-corrected chi connectivity index (χ3v) is 4.24. The van der Waals surface area contributed by atoms with Gasteiger partial charge in [0.1, 0.15) is 5.75 Å². The standard InChI is InChI=1S/C23H28N2O7/c1-4-6-13-31-19-12-9-17(14-20(19)30-5-2)23(28)32-15-21(26)24-25-22(27)16-7-10-18(29-3)11-8-16/h7-12,14H,4-6,13,15H2,1-3H3,(H,24,26)(H,25,27). The van der Waals surface area contributed by atoms with E-state index in [2.05, 4.69) is 17.8 Å². The lowest BCUT2D eigenvalue weighted by Crippen LogP contribution is -2.43. The number of amides is 2. The maximum atomic E-state index is 12.3. The van der Waals surface area contributed by atoms with Gasteiger partial charge in [0, 0.05) is 5.56 Å². The van der Waals surface area contributed by atoms with Crippen molar-refractivity contribution >= 4 is 17.8 Å². The summed E-state index contributed by atoms with van der Waals surface area (Å²) in [4.78, 5) is 36.3. The van der Waals surface area contributed by atoms with E-state index in [1.165, 1.54) is 19.2 Å². The van der Waals surface area contributed by atoms with E-state index in [0.29, 0.717) is 36.0 Å². The van der Waals surface area contributed by atoms with Gasteiger partial charge in [-0.05, 0) is 55.8 Å². The largest absolute Gasteiger partial charge is 0.497 e. The molecule has 9 heteroatoms. The van der Waals surface area contributed by atoms with E-state index >= 15 is 0 Å². The number of methoxy groups -OCH3 is 1. The highest BCUT2D eigenvalue weighted by molar-refractivity contribution is 5.96. The van der Waals surface area contributed by atoms with Crippen LogP contribution in [0.1, 0.15) is 47.4 Å². The fourth-order valence-corrected chi connectivity index (χ4v) is 2.54. The van der Waals surface area contributed by atoms with E-state index in [1.807, 2.05) is 6.92 Å². The first kappa shape index (κ1) is 24.5. The minimum absolute atomic E-state index is 0.214. The second-order valence-corrected chi connectivity index (χ2v) is 6.60. The molecule has 0 saturated heterocycles. The normalized spacial score (nSPS) is 10.1. The molecule has 9 nitrogen and oxygen atoms in total. The van der Waals surface area contributed by atoms with Crippen molar-refractivity contribution in [1.29, 1.82) is 0 Å². The molecule has 2 N–H and O–H groups in total. The highest BCUT2D eigenvalue weighted by Crippen LogP contribution is 2.29. The van der Waals surface area contributed by atoms with Crippen LogP contribution in [0.25, 0.3) is 0 Å². The number of hydrogen-bond acceptors (Lipinski definition) is 7. The summed E-state index contributed by atoms with van der Waals surface area (Å²) in [5, 5.41) is 0. The summed E-state index contributed by atoms with van der Waals surface area (Å²) in [7, 11) is 1.52. The summed E-state index contributed by atoms with van der Waals surface area (Å²) >= 11 is 0. The molecule has 0 aliphatic rings. The molecule has 0 heterocycles. The van der Waals surface area contributed by atoms with Crippen molar-refractivity contribution < 1.29 is 33.3 Å². The monoisotopic (exact) mass is 444 g/mol. The Bertz CT molecular complexity index is 913. The molecule has 0 spiro atoms. The minimum atomic E-state index is -0.706. The van der Waals surface area contributed by atoms with E-state index < -0.39 is 24.4 Å². The van der Waals surface area contributed by atoms with Crippen molar-refractivity contribution in [2.45, 2.75) is 26.7 Å². The molecule has 0 atom stereocenters. The van der Waals surface area contributed by atoms with Crippen LogP contribution in [-0.4, -0.2) is 44.7 Å². The molecule has 32 heavy (non-hydrogen) atoms. The third kappa shape index (κ3) is 7.50. The third-order valence-electron chi connectivity index (χ3n) is 4.24. The fraction of sp³-hybridized carbons (Fsp3) is 0.348. The number of unbranched alkanes of at least 4 members (excludes halogenated alkanes) is 1. The number of hydrogen-bond donors (Lipinski definition) is 2. The first-order valence-electron chi connectivity index (χ1n) is 10.3. The van der Waals surface area contributed by atoms with Crippen molar-refractivity contribution in [2.24, 2.45) is 0 Å². The topological polar surface area (TPSA) is 112 Å². The molecule has 0 fully saturated rings. The molecule has 0 aliphatic carbocycles. The minimum Gasteiger partial charge on any atom is -0.497 e. The average molecular weight is 444 g/mol. The van der Waals surface area contributed by atoms with Crippen molar-refractivity contribution in [3.63, 3.8) is 0 Å². The highest BCUT2D eigenvalue weighted by atomic mass is 16.5. The van der Waals surface area contributed by atoms with Gasteiger partial charge in [0.25, 0.3) is 11.8 Å². The maximum Gasteiger partial charge on any atom is 0.338 e. The quantitative estimate of drug-likeness (QED) is 0.311. The molecular formula is C23H28N2O7. The zero-order chi connectivity index (χ0) is 23.3. The Balaban J connectivity index is 1.85. The number of carbonyl (C=O) groups excluding carboxylic acids is 3. The van der Waals surface area contributed by atoms with Gasteiger partial charge in [-0.25, -0.2) is 4.79 Å². The number of carbonyl (C=O) groups is 3. The van der Waals surface area contributed by atoms with Crippen molar-refractivity contribution in [3.05, 3.63) is 53.6 Å². The molecule has 0 aliphatic heterocycles. The van der Waals surface area contributed by atoms with Gasteiger partial charge in [0.2, 0.25) is 0 Å². The first-order valence-corrected chi connectivity index (χ1v) is 10.3. The second-order valence-electron chi connectivity index (χ2n) is 6.60. The summed E-state index contributed by atoms with van der Waals surface area (Å²) in [6, 6.07) is 11.0. The van der Waals surface area contributed by atoms with E-state index in [-0.39, 0.29) is 5.56 Å². The van der Waals surface area contributed by atoms with E-state index in [0.717, 1.165) is 12.8 Å². The lowest BCUT2D eigenvalue weighted by molar-refractivity contribution is -0.125. The van der Waals surface area contributed by atoms with Gasteiger partial charge in [-0.2, -0.15) is 0 Å². The van der Waals surface area contributed by atoms with Crippen molar-refractivity contribution in [1.82, 2.24) is 10.9 Å². The van der Waals surface area contributed by atoms with E-state index in [1.54, 1.807) is 30.3 Å². The number of esters is 1. The van der Waals surface area contributed by atoms with Gasteiger partial charge >= 0.3 is 5.97 Å². The Kier molecular flexibility index (Phi) is 9.83. The molecule has 0 radical (unpaired) electrons. The zero-order valence-corrected chi connectivity index (χ0v) is 18.4. The fourth-order valence-electron chi connectivity index (χ4n) is 2.54. The van der Waals surface area contributed by atoms with Crippen molar-refractivity contribution in [3.8, 4) is 17.2 Å². The van der Waals surface area contributed by atoms with Crippen LogP contribution in [0.5, 0.6) is 17.2 Å². The molecule has 172 valence electrons. The summed E-state index contributed by atoms with van der Waals surface area (Å²) in [6.45, 7) is 4.26. The Morgan fingerprint density at radius 1 is 0.875 bits per heavy atom. The Morgan fingerprint density at radius 2 is 1.59 bits per heavy atom. The predicted octanol–water partition coefficient (Wildman–Crippen LogP) is 2.89. The smallest absolute Gasteiger partial charge is 0.338 e. The Labute approximate surface area is 187 Å². The molecule has 0 saturated carbocycles. The van der Waals surface area contributed by atoms with Crippen LogP contribution in [0.3, 0.4) is 0 Å². The van der Waals surface area contributed by atoms with Gasteiger partial charge in [-0.3, -0.25) is 20.4 Å². The SMILES string of the molecule is CCCCOc1ccc(C(=O)OCC(=O)NNC(=O)c2ccc(OC)cc2)cc1OCC. The first-order chi connectivity index (χ1) is 15.5. The molecule has 2 amide bonds. The van der Waals surface area contributed by atoms with E-state index in [9.17, 15) is 14.4 Å². The number of nitrogens with one attached hydrogen (secondary N) is 2. The molecule has 0 aromatic heterocycles. The van der Waals surface area contributed by atoms with Gasteiger partial charge in [0.05, 0.1) is 25.9 Å². The van der Waals surface area contributed by atoms with Crippen LogP contribution < -0.4 is 25.1 Å². The number of benzene rings is 2. The molecular weight excluding hydrogens is 416 g/mol. The van der Waals surface area contributed by atoms with Gasteiger partial charge in [0.15, 0.2) is 18.1 Å². The lowest BCUT2D eigenvalue weighted by Gasteiger charge is -2.13. The second kappa shape index (κ2) is 12.8. The van der Waals surface area contributed by atoms with Gasteiger partial charge in [-0.15, -0.1) is 0 Å². The van der Waals surface area contributed by atoms with Crippen LogP contribution in [0, 0.1) is 0 Å². The summed E-state index contributed by atoms with van der Waals surface area (Å²) < 4.78 is 21.3. The van der Waals surface area contributed by atoms with Crippen LogP contribution in [0.2, 0.25) is 0 Å². The van der Waals surface area contributed by atoms with Crippen LogP contribution in [0.15, 0.2) is 42.5 Å². The van der Waals surface area contributed by atoms with Gasteiger partial charge < -0.3 is 18.9 Å². The summed E-state index contributed by atoms with van der Waals surface area (Å²) in [5.74, 6) is -0.351. The number of hydrazine groups is 1. The molecule has 0 unspecified atom stereocenters. The molecule has 2 rings (SSSR count). The molecule has 2 aromatic carbocycles. The van der Waals surface area contributed by atoms with Crippen LogP contribution >= 0.6 is 0 Å². The molecule has 2 aromatic rings. The van der Waals surface area contributed by atoms with Gasteiger partial charge in [-0.1, -0.05) is 13.3 Å². The zero-order valence-electron chi connectivity index (χ0n) is 18.4. The van der Waals surface area contributed by atoms with Crippen LogP contribution in [-0.2, 0) is 9.53 Å². The number of ether oxygens (including phenoxy) is 4.